The molecule has 4 nitrogen and oxygen atoms in total. The van der Waals surface area contributed by atoms with E-state index >= 15 is 0 Å². The average Bonchev–Trinajstić information content (AvgIpc) is 2.87. The van der Waals surface area contributed by atoms with Gasteiger partial charge in [-0.05, 0) is 46.3 Å². The van der Waals surface area contributed by atoms with Gasteiger partial charge in [-0.25, -0.2) is 9.18 Å². The zero-order valence-corrected chi connectivity index (χ0v) is 12.7. The fourth-order valence-corrected chi connectivity index (χ4v) is 2.78. The molecule has 1 amide bonds. The number of ether oxygens (including phenoxy) is 1. The summed E-state index contributed by atoms with van der Waals surface area (Å²) in [7, 11) is 1.16. The molecule has 104 valence electrons. The summed E-state index contributed by atoms with van der Waals surface area (Å²) in [4.78, 5) is 23.8. The summed E-state index contributed by atoms with van der Waals surface area (Å²) in [6.45, 7) is 0. The number of carbonyl (C=O) groups is 2. The Balaban J connectivity index is 2.22. The molecule has 0 aliphatic rings. The molecule has 0 radical (unpaired) electrons. The summed E-state index contributed by atoms with van der Waals surface area (Å²) in [5.74, 6) is -1.82. The van der Waals surface area contributed by atoms with Crippen LogP contribution < -0.4 is 5.32 Å². The Morgan fingerprint density at radius 2 is 2.05 bits per heavy atom. The van der Waals surface area contributed by atoms with Gasteiger partial charge in [-0.2, -0.15) is 0 Å². The van der Waals surface area contributed by atoms with Gasteiger partial charge in [0.2, 0.25) is 0 Å². The number of hydrogen-bond donors (Lipinski definition) is 1. The second-order valence-corrected chi connectivity index (χ2v) is 6.21. The predicted octanol–water partition coefficient (Wildman–Crippen LogP) is 3.69. The first kappa shape index (κ1) is 14.7. The Kier molecular flexibility index (Phi) is 4.51. The highest BCUT2D eigenvalue weighted by molar-refractivity contribution is 9.11. The first-order valence-corrected chi connectivity index (χ1v) is 7.07. The molecule has 0 atom stereocenters. The van der Waals surface area contributed by atoms with E-state index in [9.17, 15) is 14.0 Å². The van der Waals surface area contributed by atoms with Crippen molar-refractivity contribution in [1.29, 1.82) is 0 Å². The third kappa shape index (κ3) is 3.23. The quantitative estimate of drug-likeness (QED) is 0.852. The molecule has 2 rings (SSSR count). The molecule has 1 heterocycles. The van der Waals surface area contributed by atoms with Crippen LogP contribution in [0.1, 0.15) is 20.0 Å². The van der Waals surface area contributed by atoms with Crippen molar-refractivity contribution in [2.24, 2.45) is 0 Å². The summed E-state index contributed by atoms with van der Waals surface area (Å²) in [6, 6.07) is 7.13. The van der Waals surface area contributed by atoms with E-state index in [0.717, 1.165) is 17.0 Å². The molecule has 1 N–H and O–H groups in total. The Labute approximate surface area is 126 Å². The summed E-state index contributed by atoms with van der Waals surface area (Å²) < 4.78 is 18.8. The number of anilines is 1. The van der Waals surface area contributed by atoms with Crippen molar-refractivity contribution in [2.75, 3.05) is 12.4 Å². The molecule has 0 aliphatic carbocycles. The number of esters is 1. The first-order chi connectivity index (χ1) is 9.51. The van der Waals surface area contributed by atoms with E-state index in [1.165, 1.54) is 23.5 Å². The Morgan fingerprint density at radius 1 is 1.30 bits per heavy atom. The number of rotatable bonds is 3. The minimum absolute atomic E-state index is 0.224. The highest BCUT2D eigenvalue weighted by Crippen LogP contribution is 2.23. The van der Waals surface area contributed by atoms with Crippen molar-refractivity contribution >= 4 is 44.8 Å². The van der Waals surface area contributed by atoms with Crippen LogP contribution in [0.2, 0.25) is 0 Å². The van der Waals surface area contributed by atoms with Crippen LogP contribution in [-0.4, -0.2) is 19.0 Å². The fourth-order valence-electron chi connectivity index (χ4n) is 1.50. The maximum Gasteiger partial charge on any atom is 0.340 e. The second kappa shape index (κ2) is 6.15. The van der Waals surface area contributed by atoms with E-state index in [4.69, 9.17) is 0 Å². The summed E-state index contributed by atoms with van der Waals surface area (Å²) >= 11 is 4.54. The average molecular weight is 358 g/mol. The van der Waals surface area contributed by atoms with Crippen molar-refractivity contribution < 1.29 is 18.7 Å². The minimum Gasteiger partial charge on any atom is -0.465 e. The minimum atomic E-state index is -0.794. The molecule has 0 spiro atoms. The highest BCUT2D eigenvalue weighted by Gasteiger charge is 2.14. The zero-order valence-electron chi connectivity index (χ0n) is 10.3. The number of nitrogens with one attached hydrogen (secondary N) is 1. The van der Waals surface area contributed by atoms with Crippen molar-refractivity contribution in [2.45, 2.75) is 0 Å². The molecule has 0 unspecified atom stereocenters. The van der Waals surface area contributed by atoms with E-state index in [1.54, 1.807) is 12.1 Å². The number of hydrogen-bond acceptors (Lipinski definition) is 4. The molecule has 0 bridgehead atoms. The van der Waals surface area contributed by atoms with Gasteiger partial charge < -0.3 is 10.1 Å². The van der Waals surface area contributed by atoms with E-state index in [0.29, 0.717) is 10.6 Å². The van der Waals surface area contributed by atoms with Gasteiger partial charge in [0.15, 0.2) is 0 Å². The van der Waals surface area contributed by atoms with E-state index in [-0.39, 0.29) is 11.5 Å². The molecule has 2 aromatic rings. The molecule has 7 heteroatoms. The van der Waals surface area contributed by atoms with E-state index in [2.05, 4.69) is 26.0 Å². The molecule has 1 aromatic carbocycles. The molecule has 0 aliphatic heterocycles. The topological polar surface area (TPSA) is 55.4 Å². The van der Waals surface area contributed by atoms with Gasteiger partial charge in [0.1, 0.15) is 5.82 Å². The lowest BCUT2D eigenvalue weighted by Gasteiger charge is -2.06. The predicted molar refractivity (Wildman–Crippen MR) is 77.7 cm³/mol. The summed E-state index contributed by atoms with van der Waals surface area (Å²) in [5, 5.41) is 2.59. The van der Waals surface area contributed by atoms with Crippen LogP contribution in [0.15, 0.2) is 34.1 Å². The molecule has 20 heavy (non-hydrogen) atoms. The number of benzene rings is 1. The van der Waals surface area contributed by atoms with E-state index in [1.807, 2.05) is 0 Å². The van der Waals surface area contributed by atoms with Crippen LogP contribution in [0, 0.1) is 5.82 Å². The molecule has 0 fully saturated rings. The smallest absolute Gasteiger partial charge is 0.340 e. The van der Waals surface area contributed by atoms with Gasteiger partial charge in [0, 0.05) is 5.69 Å². The fraction of sp³-hybridized carbons (Fsp3) is 0.0769. The van der Waals surface area contributed by atoms with Crippen LogP contribution in [0.4, 0.5) is 10.1 Å². The normalized spacial score (nSPS) is 10.2. The number of carbonyl (C=O) groups excluding carboxylic acids is 2. The standard InChI is InChI=1S/C13H9BrFNO3S/c1-19-13(18)8-6-7(2-3-9(8)15)16-12(17)10-4-5-11(14)20-10/h2-6H,1H3,(H,16,17). The highest BCUT2D eigenvalue weighted by atomic mass is 79.9. The summed E-state index contributed by atoms with van der Waals surface area (Å²) in [5.41, 5.74) is 0.0963. The number of amides is 1. The van der Waals surface area contributed by atoms with E-state index < -0.39 is 11.8 Å². The van der Waals surface area contributed by atoms with Crippen LogP contribution in [0.3, 0.4) is 0 Å². The lowest BCUT2D eigenvalue weighted by Crippen LogP contribution is -2.12. The maximum atomic E-state index is 13.5. The second-order valence-electron chi connectivity index (χ2n) is 3.74. The molecule has 0 saturated heterocycles. The van der Waals surface area contributed by atoms with Crippen LogP contribution in [-0.2, 0) is 4.74 Å². The van der Waals surface area contributed by atoms with Gasteiger partial charge in [0.25, 0.3) is 5.91 Å². The third-order valence-corrected chi connectivity index (χ3v) is 4.05. The van der Waals surface area contributed by atoms with Gasteiger partial charge in [-0.3, -0.25) is 4.79 Å². The zero-order chi connectivity index (χ0) is 14.7. The van der Waals surface area contributed by atoms with Gasteiger partial charge >= 0.3 is 5.97 Å². The lowest BCUT2D eigenvalue weighted by molar-refractivity contribution is 0.0595. The SMILES string of the molecule is COC(=O)c1cc(NC(=O)c2ccc(Br)s2)ccc1F. The van der Waals surface area contributed by atoms with Crippen molar-refractivity contribution in [3.8, 4) is 0 Å². The number of methoxy groups -OCH3 is 1. The van der Waals surface area contributed by atoms with Crippen molar-refractivity contribution in [3.05, 3.63) is 50.4 Å². The Bertz CT molecular complexity index is 671. The molecule has 0 saturated carbocycles. The van der Waals surface area contributed by atoms with Crippen molar-refractivity contribution in [3.63, 3.8) is 0 Å². The molecule has 1 aromatic heterocycles. The lowest BCUT2D eigenvalue weighted by atomic mass is 10.2. The number of thiophene rings is 1. The van der Waals surface area contributed by atoms with Crippen molar-refractivity contribution in [1.82, 2.24) is 0 Å². The molecular formula is C13H9BrFNO3S. The van der Waals surface area contributed by atoms with Gasteiger partial charge in [-0.1, -0.05) is 0 Å². The Morgan fingerprint density at radius 3 is 2.65 bits per heavy atom. The number of halogens is 2. The third-order valence-electron chi connectivity index (χ3n) is 2.43. The van der Waals surface area contributed by atoms with Gasteiger partial charge in [0.05, 0.1) is 21.3 Å². The van der Waals surface area contributed by atoms with Crippen LogP contribution in [0.25, 0.3) is 0 Å². The van der Waals surface area contributed by atoms with Crippen LogP contribution >= 0.6 is 27.3 Å². The van der Waals surface area contributed by atoms with Crippen LogP contribution in [0.5, 0.6) is 0 Å². The molecular weight excluding hydrogens is 349 g/mol. The monoisotopic (exact) mass is 357 g/mol. The largest absolute Gasteiger partial charge is 0.465 e. The van der Waals surface area contributed by atoms with Gasteiger partial charge in [-0.15, -0.1) is 11.3 Å². The Hall–Kier alpha value is -1.73. The maximum absolute atomic E-state index is 13.5. The summed E-state index contributed by atoms with van der Waals surface area (Å²) in [6.07, 6.45) is 0. The first-order valence-electron chi connectivity index (χ1n) is 5.46.